The summed E-state index contributed by atoms with van der Waals surface area (Å²) in [6.07, 6.45) is 2.57. The van der Waals surface area contributed by atoms with Crippen molar-refractivity contribution in [3.05, 3.63) is 30.3 Å². The number of nitrogens with one attached hydrogen (secondary N) is 1. The molecule has 2 heterocycles. The SMILES string of the molecule is CN(C)C[C@@H]1CC[C@@H]2[C@@H](CN2C(=O)Nc2ccccc2)O1. The van der Waals surface area contributed by atoms with E-state index in [1.165, 1.54) is 0 Å². The molecule has 2 amide bonds. The molecular formula is C16H23N3O2. The van der Waals surface area contributed by atoms with Gasteiger partial charge in [0.2, 0.25) is 0 Å². The number of likely N-dealkylation sites (tertiary alicyclic amines) is 1. The Kier molecular flexibility index (Phi) is 4.12. The minimum atomic E-state index is -0.0166. The fourth-order valence-electron chi connectivity index (χ4n) is 3.15. The second-order valence-corrected chi connectivity index (χ2v) is 6.15. The lowest BCUT2D eigenvalue weighted by atomic mass is 9.90. The van der Waals surface area contributed by atoms with E-state index in [1.807, 2.05) is 35.2 Å². The Morgan fingerprint density at radius 2 is 2.10 bits per heavy atom. The van der Waals surface area contributed by atoms with Crippen LogP contribution in [0.5, 0.6) is 0 Å². The van der Waals surface area contributed by atoms with Gasteiger partial charge >= 0.3 is 6.03 Å². The van der Waals surface area contributed by atoms with Gasteiger partial charge < -0.3 is 19.9 Å². The highest BCUT2D eigenvalue weighted by Crippen LogP contribution is 2.32. The summed E-state index contributed by atoms with van der Waals surface area (Å²) in [5, 5.41) is 2.94. The Morgan fingerprint density at radius 3 is 2.76 bits per heavy atom. The third-order valence-corrected chi connectivity index (χ3v) is 4.21. The van der Waals surface area contributed by atoms with E-state index in [1.54, 1.807) is 0 Å². The average molecular weight is 289 g/mol. The summed E-state index contributed by atoms with van der Waals surface area (Å²) in [7, 11) is 4.13. The van der Waals surface area contributed by atoms with Gasteiger partial charge in [-0.1, -0.05) is 18.2 Å². The molecule has 2 fully saturated rings. The molecule has 2 aliphatic heterocycles. The molecule has 0 aromatic heterocycles. The van der Waals surface area contributed by atoms with Crippen LogP contribution in [0.15, 0.2) is 30.3 Å². The summed E-state index contributed by atoms with van der Waals surface area (Å²) >= 11 is 0. The molecule has 0 saturated carbocycles. The number of ether oxygens (including phenoxy) is 1. The first-order valence-corrected chi connectivity index (χ1v) is 7.56. The van der Waals surface area contributed by atoms with Crippen LogP contribution in [0.3, 0.4) is 0 Å². The van der Waals surface area contributed by atoms with Crippen molar-refractivity contribution in [1.82, 2.24) is 9.80 Å². The molecule has 0 spiro atoms. The average Bonchev–Trinajstić information content (AvgIpc) is 2.42. The number of hydrogen-bond donors (Lipinski definition) is 1. The zero-order valence-electron chi connectivity index (χ0n) is 12.7. The van der Waals surface area contributed by atoms with Crippen LogP contribution in [-0.2, 0) is 4.74 Å². The van der Waals surface area contributed by atoms with E-state index in [2.05, 4.69) is 24.3 Å². The van der Waals surface area contributed by atoms with Gasteiger partial charge in [-0.05, 0) is 39.1 Å². The maximum absolute atomic E-state index is 12.3. The third-order valence-electron chi connectivity index (χ3n) is 4.21. The van der Waals surface area contributed by atoms with E-state index in [4.69, 9.17) is 4.74 Å². The Balaban J connectivity index is 1.51. The number of likely N-dealkylation sites (N-methyl/N-ethyl adjacent to an activating group) is 1. The van der Waals surface area contributed by atoms with Gasteiger partial charge in [-0.2, -0.15) is 0 Å². The molecule has 2 saturated heterocycles. The lowest BCUT2D eigenvalue weighted by molar-refractivity contribution is -0.152. The highest BCUT2D eigenvalue weighted by Gasteiger charge is 2.46. The molecule has 0 aliphatic carbocycles. The highest BCUT2D eigenvalue weighted by atomic mass is 16.5. The van der Waals surface area contributed by atoms with Crippen molar-refractivity contribution in [1.29, 1.82) is 0 Å². The van der Waals surface area contributed by atoms with E-state index in [9.17, 15) is 4.79 Å². The maximum Gasteiger partial charge on any atom is 0.322 e. The monoisotopic (exact) mass is 289 g/mol. The minimum Gasteiger partial charge on any atom is -0.370 e. The summed E-state index contributed by atoms with van der Waals surface area (Å²) in [4.78, 5) is 16.3. The molecule has 0 radical (unpaired) electrons. The fraction of sp³-hybridized carbons (Fsp3) is 0.562. The molecule has 0 unspecified atom stereocenters. The molecule has 0 bridgehead atoms. The standard InChI is InChI=1S/C16H23N3O2/c1-18(2)10-13-8-9-14-15(21-13)11-19(14)16(20)17-12-6-4-3-5-7-12/h3-7,13-15H,8-11H2,1-2H3,(H,17,20)/t13-,14+,15+/m0/s1. The van der Waals surface area contributed by atoms with E-state index in [-0.39, 0.29) is 18.2 Å². The largest absolute Gasteiger partial charge is 0.370 e. The quantitative estimate of drug-likeness (QED) is 0.926. The molecule has 21 heavy (non-hydrogen) atoms. The van der Waals surface area contributed by atoms with Gasteiger partial charge in [0.1, 0.15) is 0 Å². The van der Waals surface area contributed by atoms with Crippen LogP contribution in [0, 0.1) is 0 Å². The van der Waals surface area contributed by atoms with Gasteiger partial charge in [0, 0.05) is 12.2 Å². The summed E-state index contributed by atoms with van der Waals surface area (Å²) < 4.78 is 6.06. The highest BCUT2D eigenvalue weighted by molar-refractivity contribution is 5.90. The van der Waals surface area contributed by atoms with Crippen molar-refractivity contribution < 1.29 is 9.53 Å². The van der Waals surface area contributed by atoms with Crippen molar-refractivity contribution in [2.24, 2.45) is 0 Å². The first-order chi connectivity index (χ1) is 10.1. The molecule has 114 valence electrons. The molecule has 3 atom stereocenters. The third kappa shape index (κ3) is 3.19. The number of hydrogen-bond acceptors (Lipinski definition) is 3. The number of nitrogens with zero attached hydrogens (tertiary/aromatic N) is 2. The van der Waals surface area contributed by atoms with Crippen LogP contribution < -0.4 is 5.32 Å². The number of carbonyl (C=O) groups is 1. The lowest BCUT2D eigenvalue weighted by Gasteiger charge is -2.52. The van der Waals surface area contributed by atoms with Crippen LogP contribution in [0.4, 0.5) is 10.5 Å². The maximum atomic E-state index is 12.3. The summed E-state index contributed by atoms with van der Waals surface area (Å²) in [6, 6.07) is 9.81. The molecule has 2 aliphatic rings. The number of rotatable bonds is 3. The smallest absolute Gasteiger partial charge is 0.322 e. The van der Waals surface area contributed by atoms with E-state index >= 15 is 0 Å². The van der Waals surface area contributed by atoms with Gasteiger partial charge in [-0.15, -0.1) is 0 Å². The van der Waals surface area contributed by atoms with Crippen molar-refractivity contribution in [2.45, 2.75) is 31.1 Å². The topological polar surface area (TPSA) is 44.8 Å². The fourth-order valence-corrected chi connectivity index (χ4v) is 3.15. The van der Waals surface area contributed by atoms with Gasteiger partial charge in [0.25, 0.3) is 0 Å². The number of para-hydroxylation sites is 1. The predicted molar refractivity (Wildman–Crippen MR) is 82.4 cm³/mol. The summed E-state index contributed by atoms with van der Waals surface area (Å²) in [6.45, 7) is 1.66. The Hall–Kier alpha value is -1.59. The van der Waals surface area contributed by atoms with Crippen LogP contribution >= 0.6 is 0 Å². The van der Waals surface area contributed by atoms with Gasteiger partial charge in [0.15, 0.2) is 0 Å². The molecule has 1 aromatic rings. The van der Waals surface area contributed by atoms with Gasteiger partial charge in [-0.3, -0.25) is 0 Å². The second kappa shape index (κ2) is 6.03. The molecule has 3 rings (SSSR count). The van der Waals surface area contributed by atoms with Gasteiger partial charge in [-0.25, -0.2) is 4.79 Å². The number of fused-ring (bicyclic) bond motifs is 1. The Morgan fingerprint density at radius 1 is 1.33 bits per heavy atom. The van der Waals surface area contributed by atoms with Crippen molar-refractivity contribution >= 4 is 11.7 Å². The van der Waals surface area contributed by atoms with Gasteiger partial charge in [0.05, 0.1) is 24.8 Å². The molecular weight excluding hydrogens is 266 g/mol. The zero-order valence-corrected chi connectivity index (χ0v) is 12.7. The number of urea groups is 1. The summed E-state index contributed by atoms with van der Waals surface area (Å²) in [5.74, 6) is 0. The van der Waals surface area contributed by atoms with E-state index < -0.39 is 0 Å². The number of amides is 2. The van der Waals surface area contributed by atoms with Crippen LogP contribution in [-0.4, -0.2) is 61.3 Å². The predicted octanol–water partition coefficient (Wildman–Crippen LogP) is 2.01. The number of anilines is 1. The summed E-state index contributed by atoms with van der Waals surface area (Å²) in [5.41, 5.74) is 0.841. The minimum absolute atomic E-state index is 0.0166. The van der Waals surface area contributed by atoms with E-state index in [0.29, 0.717) is 12.6 Å². The number of carbonyl (C=O) groups excluding carboxylic acids is 1. The normalized spacial score (nSPS) is 28.0. The van der Waals surface area contributed by atoms with Crippen LogP contribution in [0.2, 0.25) is 0 Å². The molecule has 5 nitrogen and oxygen atoms in total. The van der Waals surface area contributed by atoms with Crippen LogP contribution in [0.1, 0.15) is 12.8 Å². The van der Waals surface area contributed by atoms with Crippen molar-refractivity contribution in [3.63, 3.8) is 0 Å². The van der Waals surface area contributed by atoms with E-state index in [0.717, 1.165) is 25.1 Å². The number of benzene rings is 1. The Labute approximate surface area is 125 Å². The van der Waals surface area contributed by atoms with Crippen molar-refractivity contribution in [2.75, 3.05) is 32.5 Å². The molecule has 5 heteroatoms. The lowest BCUT2D eigenvalue weighted by Crippen LogP contribution is -2.67. The first kappa shape index (κ1) is 14.4. The van der Waals surface area contributed by atoms with Crippen molar-refractivity contribution in [3.8, 4) is 0 Å². The molecule has 1 aromatic carbocycles. The van der Waals surface area contributed by atoms with Crippen LogP contribution in [0.25, 0.3) is 0 Å². The first-order valence-electron chi connectivity index (χ1n) is 7.56. The zero-order chi connectivity index (χ0) is 14.8. The molecule has 1 N–H and O–H groups in total. The second-order valence-electron chi connectivity index (χ2n) is 6.15. The Bertz CT molecular complexity index is 492.